The summed E-state index contributed by atoms with van der Waals surface area (Å²) in [5.74, 6) is 0. The topological polar surface area (TPSA) is 3.24 Å². The highest BCUT2D eigenvalue weighted by molar-refractivity contribution is 5.86. The van der Waals surface area contributed by atoms with Gasteiger partial charge >= 0.3 is 0 Å². The Balaban J connectivity index is 1.49. The lowest BCUT2D eigenvalue weighted by Crippen LogP contribution is -2.33. The monoisotopic (exact) mass is 347 g/mol. The Bertz CT molecular complexity index is 1110. The molecule has 2 aliphatic carbocycles. The molecule has 0 saturated heterocycles. The third-order valence-electron chi connectivity index (χ3n) is 6.57. The van der Waals surface area contributed by atoms with E-state index in [0.29, 0.717) is 0 Å². The van der Waals surface area contributed by atoms with Gasteiger partial charge in [-0.1, -0.05) is 78.9 Å². The summed E-state index contributed by atoms with van der Waals surface area (Å²) in [6, 6.07) is 26.6. The van der Waals surface area contributed by atoms with Gasteiger partial charge < -0.3 is 4.90 Å². The Morgan fingerprint density at radius 2 is 1.52 bits per heavy atom. The number of anilines is 2. The lowest BCUT2D eigenvalue weighted by Gasteiger charge is -2.30. The average molecular weight is 347 g/mol. The third kappa shape index (κ3) is 1.84. The van der Waals surface area contributed by atoms with E-state index in [1.54, 1.807) is 0 Å². The normalized spacial score (nSPS) is 26.5. The van der Waals surface area contributed by atoms with Crippen LogP contribution in [-0.4, -0.2) is 5.54 Å². The maximum absolute atomic E-state index is 2.57. The summed E-state index contributed by atoms with van der Waals surface area (Å²) >= 11 is 0. The Kier molecular flexibility index (Phi) is 2.79. The number of hydrogen-bond donors (Lipinski definition) is 0. The molecule has 3 aliphatic rings. The lowest BCUT2D eigenvalue weighted by atomic mass is 9.90. The average Bonchev–Trinajstić information content (AvgIpc) is 3.34. The molecule has 27 heavy (non-hydrogen) atoms. The molecule has 0 radical (unpaired) electrons. The van der Waals surface area contributed by atoms with Gasteiger partial charge in [0.15, 0.2) is 0 Å². The summed E-state index contributed by atoms with van der Waals surface area (Å²) < 4.78 is 0. The zero-order valence-corrected chi connectivity index (χ0v) is 15.4. The zero-order chi connectivity index (χ0) is 18.1. The van der Waals surface area contributed by atoms with Crippen LogP contribution < -0.4 is 4.90 Å². The van der Waals surface area contributed by atoms with Gasteiger partial charge in [0, 0.05) is 16.8 Å². The van der Waals surface area contributed by atoms with Crippen molar-refractivity contribution < 1.29 is 0 Å². The summed E-state index contributed by atoms with van der Waals surface area (Å²) in [5, 5.41) is 0. The first kappa shape index (κ1) is 15.0. The molecule has 0 spiro atoms. The minimum atomic E-state index is 0.0755. The van der Waals surface area contributed by atoms with Crippen molar-refractivity contribution in [3.05, 3.63) is 108 Å². The van der Waals surface area contributed by atoms with Crippen molar-refractivity contribution in [2.45, 2.75) is 24.3 Å². The van der Waals surface area contributed by atoms with Crippen molar-refractivity contribution in [2.24, 2.45) is 0 Å². The van der Waals surface area contributed by atoms with Crippen LogP contribution in [0.15, 0.2) is 97.1 Å². The van der Waals surface area contributed by atoms with Crippen LogP contribution in [0, 0.1) is 6.92 Å². The van der Waals surface area contributed by atoms with Gasteiger partial charge in [-0.25, -0.2) is 0 Å². The second-order valence-corrected chi connectivity index (χ2v) is 8.06. The zero-order valence-electron chi connectivity index (χ0n) is 15.4. The van der Waals surface area contributed by atoms with E-state index in [1.807, 2.05) is 0 Å². The van der Waals surface area contributed by atoms with Crippen molar-refractivity contribution in [3.63, 3.8) is 0 Å². The van der Waals surface area contributed by atoms with Crippen LogP contribution in [0.2, 0.25) is 0 Å². The van der Waals surface area contributed by atoms with E-state index >= 15 is 0 Å². The number of allylic oxidation sites excluding steroid dienone is 2. The summed E-state index contributed by atoms with van der Waals surface area (Å²) in [6.45, 7) is 2.19. The molecule has 3 aromatic carbocycles. The van der Waals surface area contributed by atoms with Gasteiger partial charge in [-0.3, -0.25) is 0 Å². The highest BCUT2D eigenvalue weighted by Gasteiger charge is 2.74. The van der Waals surface area contributed by atoms with Crippen LogP contribution >= 0.6 is 0 Å². The van der Waals surface area contributed by atoms with Gasteiger partial charge in [0.1, 0.15) is 0 Å². The minimum absolute atomic E-state index is 0.0755. The first-order valence-corrected chi connectivity index (χ1v) is 9.68. The molecule has 1 heterocycles. The molecule has 1 fully saturated rings. The van der Waals surface area contributed by atoms with Crippen LogP contribution in [-0.2, 0) is 5.41 Å². The van der Waals surface area contributed by atoms with E-state index in [1.165, 1.54) is 40.0 Å². The number of fused-ring (bicyclic) bond motifs is 1. The number of rotatable bonds is 2. The second-order valence-electron chi connectivity index (χ2n) is 8.06. The number of benzene rings is 3. The second kappa shape index (κ2) is 5.01. The predicted molar refractivity (Wildman–Crippen MR) is 113 cm³/mol. The quantitative estimate of drug-likeness (QED) is 0.524. The SMILES string of the molecule is Cc1ccc2c(c1)N(c1ccc(-c3ccccc3)cc1)C13C=CC=CC21C3. The number of hydrogen-bond acceptors (Lipinski definition) is 1. The molecule has 1 aliphatic heterocycles. The molecular weight excluding hydrogens is 326 g/mol. The van der Waals surface area contributed by atoms with Gasteiger partial charge in [0.25, 0.3) is 0 Å². The highest BCUT2D eigenvalue weighted by Crippen LogP contribution is 2.72. The molecule has 0 aromatic heterocycles. The standard InChI is InChI=1S/C26H21N/c1-19-9-14-23-24(17-19)27(26-16-6-5-15-25(23,26)18-26)22-12-10-21(11-13-22)20-7-3-2-4-8-20/h2-17H,18H2,1H3. The van der Waals surface area contributed by atoms with Crippen molar-refractivity contribution in [2.75, 3.05) is 4.90 Å². The van der Waals surface area contributed by atoms with Crippen molar-refractivity contribution in [1.82, 2.24) is 0 Å². The van der Waals surface area contributed by atoms with Crippen LogP contribution in [0.1, 0.15) is 17.5 Å². The molecule has 6 rings (SSSR count). The van der Waals surface area contributed by atoms with Gasteiger partial charge in [-0.2, -0.15) is 0 Å². The maximum atomic E-state index is 2.57. The molecule has 0 N–H and O–H groups in total. The molecule has 0 amide bonds. The van der Waals surface area contributed by atoms with Crippen LogP contribution in [0.25, 0.3) is 11.1 Å². The van der Waals surface area contributed by atoms with E-state index < -0.39 is 0 Å². The Morgan fingerprint density at radius 1 is 0.778 bits per heavy atom. The summed E-state index contributed by atoms with van der Waals surface area (Å²) in [5.41, 5.74) is 8.20. The molecule has 1 nitrogen and oxygen atoms in total. The van der Waals surface area contributed by atoms with E-state index in [0.717, 1.165) is 0 Å². The van der Waals surface area contributed by atoms with Crippen LogP contribution in [0.3, 0.4) is 0 Å². The van der Waals surface area contributed by atoms with E-state index in [9.17, 15) is 0 Å². The minimum Gasteiger partial charge on any atom is -0.330 e. The highest BCUT2D eigenvalue weighted by atomic mass is 15.3. The third-order valence-corrected chi connectivity index (χ3v) is 6.57. The fourth-order valence-corrected chi connectivity index (χ4v) is 5.22. The molecule has 1 heteroatoms. The molecule has 2 atom stereocenters. The summed E-state index contributed by atoms with van der Waals surface area (Å²) in [7, 11) is 0. The number of nitrogens with zero attached hydrogens (tertiary/aromatic N) is 1. The summed E-state index contributed by atoms with van der Waals surface area (Å²) in [4.78, 5) is 2.57. The first-order valence-electron chi connectivity index (χ1n) is 9.68. The van der Waals surface area contributed by atoms with E-state index in [-0.39, 0.29) is 11.0 Å². The molecule has 0 bridgehead atoms. The molecule has 2 unspecified atom stereocenters. The summed E-state index contributed by atoms with van der Waals surface area (Å²) in [6.07, 6.45) is 10.4. The fraction of sp³-hybridized carbons (Fsp3) is 0.154. The van der Waals surface area contributed by atoms with Crippen molar-refractivity contribution in [1.29, 1.82) is 0 Å². The maximum Gasteiger partial charge on any atom is 0.0782 e. The Morgan fingerprint density at radius 3 is 2.33 bits per heavy atom. The van der Waals surface area contributed by atoms with Gasteiger partial charge in [-0.05, 0) is 53.8 Å². The fourth-order valence-electron chi connectivity index (χ4n) is 5.22. The lowest BCUT2D eigenvalue weighted by molar-refractivity contribution is 0.740. The van der Waals surface area contributed by atoms with Gasteiger partial charge in [-0.15, -0.1) is 0 Å². The molecule has 1 saturated carbocycles. The predicted octanol–water partition coefficient (Wildman–Crippen LogP) is 6.32. The van der Waals surface area contributed by atoms with E-state index in [2.05, 4.69) is 109 Å². The Labute approximate surface area is 160 Å². The van der Waals surface area contributed by atoms with Gasteiger partial charge in [0.2, 0.25) is 0 Å². The van der Waals surface area contributed by atoms with Gasteiger partial charge in [0.05, 0.1) is 5.54 Å². The largest absolute Gasteiger partial charge is 0.330 e. The van der Waals surface area contributed by atoms with Crippen LogP contribution in [0.4, 0.5) is 11.4 Å². The Hall–Kier alpha value is -3.06. The van der Waals surface area contributed by atoms with Crippen molar-refractivity contribution >= 4 is 11.4 Å². The first-order chi connectivity index (χ1) is 13.2. The van der Waals surface area contributed by atoms with Crippen LogP contribution in [0.5, 0.6) is 0 Å². The molecule has 130 valence electrons. The van der Waals surface area contributed by atoms with E-state index in [4.69, 9.17) is 0 Å². The number of aryl methyl sites for hydroxylation is 1. The van der Waals surface area contributed by atoms with Crippen molar-refractivity contribution in [3.8, 4) is 11.1 Å². The smallest absolute Gasteiger partial charge is 0.0782 e. The molecular formula is C26H21N. The molecule has 3 aromatic rings.